The zero-order chi connectivity index (χ0) is 22.2. The maximum atomic E-state index is 13.2. The van der Waals surface area contributed by atoms with Gasteiger partial charge in [-0.3, -0.25) is 14.5 Å². The number of anilines is 1. The Kier molecular flexibility index (Phi) is 5.57. The number of hydrogen-bond donors (Lipinski definition) is 0. The summed E-state index contributed by atoms with van der Waals surface area (Å²) in [4.78, 5) is 39.5. The van der Waals surface area contributed by atoms with Gasteiger partial charge in [-0.1, -0.05) is 25.0 Å². The summed E-state index contributed by atoms with van der Waals surface area (Å²) in [6, 6.07) is 7.65. The average molecular weight is 435 g/mol. The van der Waals surface area contributed by atoms with Crippen molar-refractivity contribution in [3.63, 3.8) is 0 Å². The second-order valence-corrected chi connectivity index (χ2v) is 9.15. The number of ether oxygens (including phenoxy) is 1. The third kappa shape index (κ3) is 3.74. The molecule has 2 aliphatic heterocycles. The van der Waals surface area contributed by atoms with E-state index in [1.54, 1.807) is 12.0 Å². The lowest BCUT2D eigenvalue weighted by Crippen LogP contribution is -2.35. The Balaban J connectivity index is 1.43. The lowest BCUT2D eigenvalue weighted by Gasteiger charge is -2.27. The minimum atomic E-state index is -0.0920. The van der Waals surface area contributed by atoms with E-state index in [0.717, 1.165) is 67.6 Å². The fourth-order valence-electron chi connectivity index (χ4n) is 5.33. The first-order valence-electron chi connectivity index (χ1n) is 11.7. The van der Waals surface area contributed by atoms with Crippen LogP contribution in [0.3, 0.4) is 0 Å². The van der Waals surface area contributed by atoms with Gasteiger partial charge in [0.15, 0.2) is 5.82 Å². The van der Waals surface area contributed by atoms with Gasteiger partial charge in [0.2, 0.25) is 11.8 Å². The Hall–Kier alpha value is -2.96. The summed E-state index contributed by atoms with van der Waals surface area (Å²) in [7, 11) is 1.64. The van der Waals surface area contributed by atoms with Crippen LogP contribution in [0.4, 0.5) is 5.82 Å². The quantitative estimate of drug-likeness (QED) is 0.717. The first-order chi connectivity index (χ1) is 15.5. The molecule has 0 N–H and O–H groups in total. The van der Waals surface area contributed by atoms with E-state index >= 15 is 0 Å². The summed E-state index contributed by atoms with van der Waals surface area (Å²) in [5.74, 6) is 2.62. The van der Waals surface area contributed by atoms with Crippen LogP contribution in [0.25, 0.3) is 0 Å². The number of methoxy groups -OCH3 is 1. The van der Waals surface area contributed by atoms with Crippen molar-refractivity contribution in [3.05, 3.63) is 46.9 Å². The lowest BCUT2D eigenvalue weighted by atomic mass is 10.1. The third-order valence-electron chi connectivity index (χ3n) is 7.13. The third-order valence-corrected chi connectivity index (χ3v) is 7.13. The Morgan fingerprint density at radius 3 is 2.56 bits per heavy atom. The number of carbonyl (C=O) groups excluding carboxylic acids is 2. The Bertz CT molecular complexity index is 1030. The molecule has 7 nitrogen and oxygen atoms in total. The van der Waals surface area contributed by atoms with Crippen LogP contribution in [0.2, 0.25) is 0 Å². The number of aryl methyl sites for hydroxylation is 1. The number of aromatic nitrogens is 2. The molecule has 0 spiro atoms. The highest BCUT2D eigenvalue weighted by Gasteiger charge is 2.38. The molecule has 32 heavy (non-hydrogen) atoms. The number of benzene rings is 1. The van der Waals surface area contributed by atoms with Crippen molar-refractivity contribution in [1.82, 2.24) is 14.9 Å². The second-order valence-electron chi connectivity index (χ2n) is 9.15. The predicted octanol–water partition coefficient (Wildman–Crippen LogP) is 3.74. The number of likely N-dealkylation sites (tertiary alicyclic amines) is 1. The summed E-state index contributed by atoms with van der Waals surface area (Å²) in [6.45, 7) is 3.18. The van der Waals surface area contributed by atoms with E-state index in [-0.39, 0.29) is 23.8 Å². The van der Waals surface area contributed by atoms with Crippen molar-refractivity contribution < 1.29 is 14.3 Å². The first-order valence-corrected chi connectivity index (χ1v) is 11.7. The van der Waals surface area contributed by atoms with Crippen molar-refractivity contribution in [1.29, 1.82) is 0 Å². The zero-order valence-corrected chi connectivity index (χ0v) is 18.8. The molecule has 1 atom stereocenters. The highest BCUT2D eigenvalue weighted by Crippen LogP contribution is 2.38. The molecule has 7 heteroatoms. The number of hydrogen-bond acceptors (Lipinski definition) is 5. The molecule has 3 aliphatic rings. The highest BCUT2D eigenvalue weighted by atomic mass is 16.5. The topological polar surface area (TPSA) is 75.6 Å². The van der Waals surface area contributed by atoms with E-state index < -0.39 is 0 Å². The van der Waals surface area contributed by atoms with Crippen molar-refractivity contribution in [3.8, 4) is 5.75 Å². The molecule has 0 radical (unpaired) electrons. The number of amides is 2. The van der Waals surface area contributed by atoms with Gasteiger partial charge in [0.1, 0.15) is 11.6 Å². The monoisotopic (exact) mass is 434 g/mol. The molecule has 1 saturated carbocycles. The van der Waals surface area contributed by atoms with E-state index in [0.29, 0.717) is 24.6 Å². The molecule has 5 rings (SSSR count). The van der Waals surface area contributed by atoms with Gasteiger partial charge in [-0.25, -0.2) is 9.97 Å². The molecule has 168 valence electrons. The number of rotatable bonds is 5. The summed E-state index contributed by atoms with van der Waals surface area (Å²) in [6.07, 6.45) is 6.46. The van der Waals surface area contributed by atoms with Crippen molar-refractivity contribution in [2.75, 3.05) is 18.6 Å². The lowest BCUT2D eigenvalue weighted by molar-refractivity contribution is -0.136. The van der Waals surface area contributed by atoms with Gasteiger partial charge in [0.25, 0.3) is 0 Å². The smallest absolute Gasteiger partial charge is 0.233 e. The molecule has 1 aromatic heterocycles. The van der Waals surface area contributed by atoms with Crippen LogP contribution >= 0.6 is 0 Å². The molecule has 0 bridgehead atoms. The average Bonchev–Trinajstić information content (AvgIpc) is 3.55. The van der Waals surface area contributed by atoms with Crippen molar-refractivity contribution in [2.24, 2.45) is 5.92 Å². The van der Waals surface area contributed by atoms with Crippen LogP contribution in [0.5, 0.6) is 5.75 Å². The van der Waals surface area contributed by atoms with Crippen LogP contribution in [0.15, 0.2) is 24.3 Å². The van der Waals surface area contributed by atoms with E-state index in [1.807, 2.05) is 36.1 Å². The van der Waals surface area contributed by atoms with Crippen molar-refractivity contribution in [2.45, 2.75) is 64.5 Å². The molecule has 3 heterocycles. The van der Waals surface area contributed by atoms with Crippen LogP contribution in [0, 0.1) is 12.8 Å². The van der Waals surface area contributed by atoms with E-state index in [2.05, 4.69) is 0 Å². The summed E-state index contributed by atoms with van der Waals surface area (Å²) >= 11 is 0. The van der Waals surface area contributed by atoms with Gasteiger partial charge < -0.3 is 9.64 Å². The SMILES string of the molecule is COc1ccc(CN2C(=O)Cc3c(C)nc(C4CCCN4C(=O)C4CCCC4)nc32)cc1. The van der Waals surface area contributed by atoms with Gasteiger partial charge in [-0.15, -0.1) is 0 Å². The van der Waals surface area contributed by atoms with Gasteiger partial charge >= 0.3 is 0 Å². The molecule has 1 saturated heterocycles. The van der Waals surface area contributed by atoms with Crippen LogP contribution in [-0.4, -0.2) is 40.3 Å². The number of carbonyl (C=O) groups is 2. The molecular formula is C25H30N4O3. The van der Waals surface area contributed by atoms with Crippen LogP contribution in [-0.2, 0) is 22.6 Å². The standard InChI is InChI=1S/C25H30N4O3/c1-16-20-14-22(30)29(15-17-9-11-19(32-2)12-10-17)24(20)27-23(26-16)21-8-5-13-28(21)25(31)18-6-3-4-7-18/h9-12,18,21H,3-8,13-15H2,1-2H3. The molecule has 2 amide bonds. The largest absolute Gasteiger partial charge is 0.497 e. The number of fused-ring (bicyclic) bond motifs is 1. The molecule has 2 fully saturated rings. The Morgan fingerprint density at radius 2 is 1.84 bits per heavy atom. The molecule has 1 unspecified atom stereocenters. The number of nitrogens with zero attached hydrogens (tertiary/aromatic N) is 4. The normalized spacial score (nSPS) is 20.8. The second kappa shape index (κ2) is 8.52. The summed E-state index contributed by atoms with van der Waals surface area (Å²) < 4.78 is 5.24. The molecule has 2 aromatic rings. The fourth-order valence-corrected chi connectivity index (χ4v) is 5.33. The van der Waals surface area contributed by atoms with Crippen LogP contribution < -0.4 is 9.64 Å². The maximum Gasteiger partial charge on any atom is 0.233 e. The van der Waals surface area contributed by atoms with E-state index in [4.69, 9.17) is 14.7 Å². The fraction of sp³-hybridized carbons (Fsp3) is 0.520. The predicted molar refractivity (Wildman–Crippen MR) is 120 cm³/mol. The van der Waals surface area contributed by atoms with Gasteiger partial charge in [0, 0.05) is 23.7 Å². The highest BCUT2D eigenvalue weighted by molar-refractivity contribution is 6.00. The first kappa shape index (κ1) is 20.9. The van der Waals surface area contributed by atoms with E-state index in [9.17, 15) is 9.59 Å². The van der Waals surface area contributed by atoms with Gasteiger partial charge in [-0.05, 0) is 50.3 Å². The van der Waals surface area contributed by atoms with Crippen molar-refractivity contribution >= 4 is 17.6 Å². The van der Waals surface area contributed by atoms with E-state index in [1.165, 1.54) is 0 Å². The minimum absolute atomic E-state index is 0.0377. The maximum absolute atomic E-state index is 13.2. The molecule has 1 aromatic carbocycles. The summed E-state index contributed by atoms with van der Waals surface area (Å²) in [5, 5.41) is 0. The van der Waals surface area contributed by atoms with Gasteiger partial charge in [0.05, 0.1) is 26.1 Å². The summed E-state index contributed by atoms with van der Waals surface area (Å²) in [5.41, 5.74) is 2.76. The Labute approximate surface area is 188 Å². The minimum Gasteiger partial charge on any atom is -0.497 e. The van der Waals surface area contributed by atoms with Gasteiger partial charge in [-0.2, -0.15) is 0 Å². The molecular weight excluding hydrogens is 404 g/mol. The Morgan fingerprint density at radius 1 is 1.09 bits per heavy atom. The zero-order valence-electron chi connectivity index (χ0n) is 18.8. The van der Waals surface area contributed by atoms with Crippen LogP contribution in [0.1, 0.15) is 67.2 Å². The molecule has 1 aliphatic carbocycles.